The maximum absolute atomic E-state index is 11.7. The molecule has 3 N–H and O–H groups in total. The number of aromatic hydroxyl groups is 1. The molecule has 0 aliphatic rings. The lowest BCUT2D eigenvalue weighted by molar-refractivity contribution is -0.119. The van der Waals surface area contributed by atoms with Crippen molar-refractivity contribution >= 4 is 17.8 Å². The van der Waals surface area contributed by atoms with Gasteiger partial charge in [0.1, 0.15) is 5.75 Å². The van der Waals surface area contributed by atoms with Gasteiger partial charge in [-0.2, -0.15) is 5.10 Å². The fraction of sp³-hybridized carbons (Fsp3) is 0.176. The quantitative estimate of drug-likeness (QED) is 0.533. The van der Waals surface area contributed by atoms with E-state index < -0.39 is 0 Å². The Balaban J connectivity index is 1.83. The van der Waals surface area contributed by atoms with Crippen molar-refractivity contribution in [2.24, 2.45) is 5.10 Å². The van der Waals surface area contributed by atoms with Gasteiger partial charge in [-0.05, 0) is 35.9 Å². The maximum Gasteiger partial charge on any atom is 0.259 e. The fourth-order valence-corrected chi connectivity index (χ4v) is 1.92. The predicted molar refractivity (Wildman–Crippen MR) is 91.9 cm³/mol. The van der Waals surface area contributed by atoms with Crippen LogP contribution in [0.15, 0.2) is 47.6 Å². The minimum absolute atomic E-state index is 0.00691. The van der Waals surface area contributed by atoms with Crippen molar-refractivity contribution in [1.82, 2.24) is 5.43 Å². The zero-order valence-corrected chi connectivity index (χ0v) is 13.4. The van der Waals surface area contributed by atoms with Gasteiger partial charge in [0.15, 0.2) is 11.5 Å². The average molecular weight is 329 g/mol. The SMILES string of the molecule is COc1cccc(NCC(=O)N/N=C\c2ccc(OC)c(O)c2)c1. The summed E-state index contributed by atoms with van der Waals surface area (Å²) < 4.78 is 10.1. The van der Waals surface area contributed by atoms with Gasteiger partial charge in [0.05, 0.1) is 27.0 Å². The van der Waals surface area contributed by atoms with Gasteiger partial charge >= 0.3 is 0 Å². The van der Waals surface area contributed by atoms with Crippen LogP contribution < -0.4 is 20.2 Å². The third-order valence-corrected chi connectivity index (χ3v) is 3.13. The molecule has 0 aliphatic heterocycles. The molecule has 2 aromatic carbocycles. The number of anilines is 1. The van der Waals surface area contributed by atoms with Crippen molar-refractivity contribution in [3.8, 4) is 17.2 Å². The van der Waals surface area contributed by atoms with E-state index >= 15 is 0 Å². The molecule has 0 saturated heterocycles. The molecule has 0 heterocycles. The molecule has 0 aliphatic carbocycles. The van der Waals surface area contributed by atoms with Crippen LogP contribution in [-0.4, -0.2) is 38.0 Å². The Labute approximate surface area is 139 Å². The number of ether oxygens (including phenoxy) is 2. The monoisotopic (exact) mass is 329 g/mol. The van der Waals surface area contributed by atoms with E-state index in [2.05, 4.69) is 15.8 Å². The summed E-state index contributed by atoms with van der Waals surface area (Å²) in [6, 6.07) is 12.1. The number of benzene rings is 2. The number of phenolic OH excluding ortho intramolecular Hbond substituents is 1. The molecule has 2 aromatic rings. The fourth-order valence-electron chi connectivity index (χ4n) is 1.92. The number of rotatable bonds is 7. The number of hydrazone groups is 1. The molecule has 7 heteroatoms. The lowest BCUT2D eigenvalue weighted by Crippen LogP contribution is -2.25. The van der Waals surface area contributed by atoms with Gasteiger partial charge in [-0.15, -0.1) is 0 Å². The Morgan fingerprint density at radius 2 is 2.04 bits per heavy atom. The van der Waals surface area contributed by atoms with E-state index in [9.17, 15) is 9.90 Å². The lowest BCUT2D eigenvalue weighted by Gasteiger charge is -2.07. The Morgan fingerprint density at radius 1 is 1.21 bits per heavy atom. The molecule has 0 atom stereocenters. The third-order valence-electron chi connectivity index (χ3n) is 3.13. The largest absolute Gasteiger partial charge is 0.504 e. The first-order valence-electron chi connectivity index (χ1n) is 7.19. The van der Waals surface area contributed by atoms with Crippen molar-refractivity contribution < 1.29 is 19.4 Å². The van der Waals surface area contributed by atoms with E-state index in [0.29, 0.717) is 17.1 Å². The molecule has 0 unspecified atom stereocenters. The van der Waals surface area contributed by atoms with Crippen LogP contribution in [0.4, 0.5) is 5.69 Å². The first kappa shape index (κ1) is 17.1. The molecular weight excluding hydrogens is 310 g/mol. The van der Waals surface area contributed by atoms with Crippen molar-refractivity contribution in [3.05, 3.63) is 48.0 Å². The van der Waals surface area contributed by atoms with Crippen molar-refractivity contribution in [1.29, 1.82) is 0 Å². The molecule has 1 amide bonds. The summed E-state index contributed by atoms with van der Waals surface area (Å²) in [7, 11) is 3.05. The van der Waals surface area contributed by atoms with E-state index in [1.807, 2.05) is 18.2 Å². The van der Waals surface area contributed by atoms with Gasteiger partial charge in [-0.3, -0.25) is 4.79 Å². The number of nitrogens with zero attached hydrogens (tertiary/aromatic N) is 1. The van der Waals surface area contributed by atoms with Crippen LogP contribution in [-0.2, 0) is 4.79 Å². The van der Waals surface area contributed by atoms with E-state index in [0.717, 1.165) is 5.69 Å². The molecule has 0 radical (unpaired) electrons. The van der Waals surface area contributed by atoms with Gasteiger partial charge in [0, 0.05) is 11.8 Å². The smallest absolute Gasteiger partial charge is 0.259 e. The van der Waals surface area contributed by atoms with Crippen LogP contribution in [0.2, 0.25) is 0 Å². The molecule has 0 fully saturated rings. The average Bonchev–Trinajstić information content (AvgIpc) is 2.60. The van der Waals surface area contributed by atoms with Crippen LogP contribution in [0.25, 0.3) is 0 Å². The number of amides is 1. The summed E-state index contributed by atoms with van der Waals surface area (Å²) in [4.78, 5) is 11.7. The zero-order valence-electron chi connectivity index (χ0n) is 13.4. The van der Waals surface area contributed by atoms with Crippen LogP contribution >= 0.6 is 0 Å². The summed E-state index contributed by atoms with van der Waals surface area (Å²) in [6.45, 7) is 0.0678. The second-order valence-corrected chi connectivity index (χ2v) is 4.81. The second-order valence-electron chi connectivity index (χ2n) is 4.81. The number of phenols is 1. The van der Waals surface area contributed by atoms with Gasteiger partial charge in [-0.1, -0.05) is 6.07 Å². The topological polar surface area (TPSA) is 92.2 Å². The summed E-state index contributed by atoms with van der Waals surface area (Å²) in [5, 5.41) is 16.5. The normalized spacial score (nSPS) is 10.4. The van der Waals surface area contributed by atoms with Crippen LogP contribution in [0, 0.1) is 0 Å². The minimum atomic E-state index is -0.299. The number of hydrogen-bond donors (Lipinski definition) is 3. The molecular formula is C17H19N3O4. The predicted octanol–water partition coefficient (Wildman–Crippen LogP) is 1.97. The Bertz CT molecular complexity index is 732. The molecule has 24 heavy (non-hydrogen) atoms. The Kier molecular flexibility index (Phi) is 6.01. The molecule has 0 saturated carbocycles. The highest BCUT2D eigenvalue weighted by atomic mass is 16.5. The van der Waals surface area contributed by atoms with Gasteiger partial charge in [-0.25, -0.2) is 5.43 Å². The maximum atomic E-state index is 11.7. The standard InChI is InChI=1S/C17H19N3O4/c1-23-14-5-3-4-13(9-14)18-11-17(22)20-19-10-12-6-7-16(24-2)15(21)8-12/h3-10,18,21H,11H2,1-2H3,(H,20,22)/b19-10-. The lowest BCUT2D eigenvalue weighted by atomic mass is 10.2. The van der Waals surface area contributed by atoms with Crippen molar-refractivity contribution in [3.63, 3.8) is 0 Å². The molecule has 0 bridgehead atoms. The summed E-state index contributed by atoms with van der Waals surface area (Å²) in [5.41, 5.74) is 3.81. The van der Waals surface area contributed by atoms with E-state index in [1.54, 1.807) is 25.3 Å². The summed E-state index contributed by atoms with van der Waals surface area (Å²) in [5.74, 6) is 0.788. The highest BCUT2D eigenvalue weighted by Gasteiger charge is 2.02. The molecule has 0 aromatic heterocycles. The molecule has 2 rings (SSSR count). The minimum Gasteiger partial charge on any atom is -0.504 e. The van der Waals surface area contributed by atoms with Crippen LogP contribution in [0.1, 0.15) is 5.56 Å². The highest BCUT2D eigenvalue weighted by Crippen LogP contribution is 2.25. The van der Waals surface area contributed by atoms with E-state index in [-0.39, 0.29) is 18.2 Å². The number of hydrogen-bond acceptors (Lipinski definition) is 6. The molecule has 7 nitrogen and oxygen atoms in total. The van der Waals surface area contributed by atoms with Gasteiger partial charge < -0.3 is 19.9 Å². The van der Waals surface area contributed by atoms with Crippen molar-refractivity contribution in [2.45, 2.75) is 0 Å². The van der Waals surface area contributed by atoms with E-state index in [1.165, 1.54) is 19.4 Å². The van der Waals surface area contributed by atoms with Crippen LogP contribution in [0.3, 0.4) is 0 Å². The summed E-state index contributed by atoms with van der Waals surface area (Å²) >= 11 is 0. The number of nitrogens with one attached hydrogen (secondary N) is 2. The highest BCUT2D eigenvalue weighted by molar-refractivity contribution is 5.84. The first-order chi connectivity index (χ1) is 11.6. The Hall–Kier alpha value is -3.22. The van der Waals surface area contributed by atoms with E-state index in [4.69, 9.17) is 9.47 Å². The number of carbonyl (C=O) groups is 1. The van der Waals surface area contributed by atoms with Crippen LogP contribution in [0.5, 0.6) is 17.2 Å². The molecule has 126 valence electrons. The number of carbonyl (C=O) groups excluding carboxylic acids is 1. The Morgan fingerprint density at radius 3 is 2.75 bits per heavy atom. The van der Waals surface area contributed by atoms with Gasteiger partial charge in [0.25, 0.3) is 5.91 Å². The summed E-state index contributed by atoms with van der Waals surface area (Å²) in [6.07, 6.45) is 1.43. The first-order valence-corrected chi connectivity index (χ1v) is 7.19. The zero-order chi connectivity index (χ0) is 17.4. The number of methoxy groups -OCH3 is 2. The van der Waals surface area contributed by atoms with Gasteiger partial charge in [0.2, 0.25) is 0 Å². The third kappa shape index (κ3) is 4.91. The van der Waals surface area contributed by atoms with Crippen molar-refractivity contribution in [2.75, 3.05) is 26.1 Å². The molecule has 0 spiro atoms. The second kappa shape index (κ2) is 8.42.